The van der Waals surface area contributed by atoms with Crippen LogP contribution >= 0.6 is 0 Å². The molecule has 3 aliphatic carbocycles. The molecule has 0 saturated heterocycles. The lowest BCUT2D eigenvalue weighted by atomic mass is 9.37. The molecule has 8 atom stereocenters. The molecule has 228 valence electrons. The van der Waals surface area contributed by atoms with Gasteiger partial charge in [0.1, 0.15) is 23.2 Å². The van der Waals surface area contributed by atoms with Gasteiger partial charge in [0, 0.05) is 35.2 Å². The number of benzene rings is 1. The van der Waals surface area contributed by atoms with Gasteiger partial charge in [0.2, 0.25) is 0 Å². The van der Waals surface area contributed by atoms with Gasteiger partial charge in [-0.1, -0.05) is 54.5 Å². The first kappa shape index (κ1) is 31.9. The first-order valence-corrected chi connectivity index (χ1v) is 14.7. The predicted octanol–water partition coefficient (Wildman–Crippen LogP) is 3.09. The molecule has 9 heteroatoms. The molecule has 3 unspecified atom stereocenters. The zero-order valence-corrected chi connectivity index (χ0v) is 25.8. The lowest BCUT2D eigenvalue weighted by Gasteiger charge is -2.65. The number of aliphatic hydroxyl groups excluding tert-OH is 1. The highest BCUT2D eigenvalue weighted by Crippen LogP contribution is 2.66. The Bertz CT molecular complexity index is 1440. The second kappa shape index (κ2) is 10.0. The van der Waals surface area contributed by atoms with Crippen LogP contribution in [0.1, 0.15) is 94.8 Å². The van der Waals surface area contributed by atoms with E-state index in [2.05, 4.69) is 0 Å². The molecule has 0 aromatic heterocycles. The monoisotopic (exact) mass is 582 g/mol. The number of carbonyl (C=O) groups excluding carboxylic acids is 6. The van der Waals surface area contributed by atoms with Gasteiger partial charge in [-0.25, -0.2) is 0 Å². The Morgan fingerprint density at radius 1 is 1.02 bits per heavy atom. The predicted molar refractivity (Wildman–Crippen MR) is 152 cm³/mol. The molecule has 0 radical (unpaired) electrons. The lowest BCUT2D eigenvalue weighted by molar-refractivity contribution is -0.240. The van der Waals surface area contributed by atoms with E-state index in [-0.39, 0.29) is 35.7 Å². The van der Waals surface area contributed by atoms with Gasteiger partial charge in [0.25, 0.3) is 0 Å². The highest BCUT2D eigenvalue weighted by molar-refractivity contribution is 6.33. The van der Waals surface area contributed by atoms with Crippen molar-refractivity contribution >= 4 is 34.7 Å². The van der Waals surface area contributed by atoms with Crippen molar-refractivity contribution in [3.05, 3.63) is 28.3 Å². The Labute approximate surface area is 246 Å². The maximum absolute atomic E-state index is 14.5. The van der Waals surface area contributed by atoms with Crippen LogP contribution in [0.15, 0.2) is 6.07 Å². The molecule has 0 aliphatic heterocycles. The zero-order valence-electron chi connectivity index (χ0n) is 25.8. The van der Waals surface area contributed by atoms with Crippen LogP contribution in [0.3, 0.4) is 0 Å². The maximum atomic E-state index is 14.5. The molecule has 3 aliphatic rings. The van der Waals surface area contributed by atoms with Gasteiger partial charge >= 0.3 is 0 Å². The number of phenols is 1. The molecule has 1 aromatic rings. The van der Waals surface area contributed by atoms with Crippen molar-refractivity contribution in [2.75, 3.05) is 0 Å². The lowest BCUT2D eigenvalue weighted by Crippen LogP contribution is -2.81. The average molecular weight is 583 g/mol. The quantitative estimate of drug-likeness (QED) is 0.428. The number of hydrogen-bond donors (Lipinski definition) is 3. The molecule has 0 amide bonds. The van der Waals surface area contributed by atoms with E-state index in [1.54, 1.807) is 33.8 Å². The van der Waals surface area contributed by atoms with Gasteiger partial charge in [0.05, 0.1) is 17.6 Å². The molecule has 42 heavy (non-hydrogen) atoms. The van der Waals surface area contributed by atoms with Crippen LogP contribution in [0.25, 0.3) is 0 Å². The van der Waals surface area contributed by atoms with Gasteiger partial charge in [-0.05, 0) is 42.7 Å². The number of hydrogen-bond acceptors (Lipinski definition) is 9. The van der Waals surface area contributed by atoms with Gasteiger partial charge in [-0.2, -0.15) is 0 Å². The summed E-state index contributed by atoms with van der Waals surface area (Å²) in [5, 5.41) is 35.8. The number of aryl methyl sites for hydroxylation is 1. The highest BCUT2D eigenvalue weighted by atomic mass is 16.3. The van der Waals surface area contributed by atoms with Gasteiger partial charge in [0.15, 0.2) is 28.7 Å². The average Bonchev–Trinajstić information content (AvgIpc) is 2.86. The molecule has 2 fully saturated rings. The molecule has 4 rings (SSSR count). The number of phenolic OH excluding ortho intramolecular Hbond substituents is 1. The fraction of sp³-hybridized carbons (Fsp3) is 0.636. The van der Waals surface area contributed by atoms with E-state index in [9.17, 15) is 44.1 Å². The van der Waals surface area contributed by atoms with Crippen LogP contribution in [0.4, 0.5) is 0 Å². The summed E-state index contributed by atoms with van der Waals surface area (Å²) in [4.78, 5) is 81.5. The highest BCUT2D eigenvalue weighted by Gasteiger charge is 2.80. The second-order valence-electron chi connectivity index (χ2n) is 14.0. The Morgan fingerprint density at radius 3 is 2.10 bits per heavy atom. The summed E-state index contributed by atoms with van der Waals surface area (Å²) in [6.07, 6.45) is -1.57. The van der Waals surface area contributed by atoms with Crippen molar-refractivity contribution in [2.45, 2.75) is 92.8 Å². The standard InChI is InChI=1S/C33H42O9/c1-13(2)10-18(35)12-19-15(5)11-20-16(6)31(8)24(27(38)22(20)25(19)36)29(40)33(42)28(39)21(17(7)34)26(37)23(14(3)4)32(33,9)30(31)41/h11,13-14,16,21,23-24,30,36,41-42H,10,12H2,1-9H3/t16-,21?,23?,24?,30-,31+,32+,33+/m1/s1. The molecule has 2 saturated carbocycles. The normalized spacial score (nSPS) is 36.2. The van der Waals surface area contributed by atoms with E-state index < -0.39 is 86.8 Å². The van der Waals surface area contributed by atoms with E-state index in [1.165, 1.54) is 13.8 Å². The first-order chi connectivity index (χ1) is 19.2. The molecular formula is C33H42O9. The Balaban J connectivity index is 1.99. The molecule has 9 nitrogen and oxygen atoms in total. The number of ketones is 6. The molecule has 1 aromatic carbocycles. The van der Waals surface area contributed by atoms with Crippen molar-refractivity contribution in [2.24, 2.45) is 40.4 Å². The third-order valence-corrected chi connectivity index (χ3v) is 10.7. The fourth-order valence-electron chi connectivity index (χ4n) is 8.54. The molecular weight excluding hydrogens is 540 g/mol. The maximum Gasteiger partial charge on any atom is 0.191 e. The van der Waals surface area contributed by atoms with E-state index >= 15 is 0 Å². The van der Waals surface area contributed by atoms with Crippen LogP contribution in [0.2, 0.25) is 0 Å². The summed E-state index contributed by atoms with van der Waals surface area (Å²) in [5.41, 5.74) is -5.64. The summed E-state index contributed by atoms with van der Waals surface area (Å²) in [6.45, 7) is 14.4. The van der Waals surface area contributed by atoms with Crippen molar-refractivity contribution in [3.63, 3.8) is 0 Å². The summed E-state index contributed by atoms with van der Waals surface area (Å²) >= 11 is 0. The number of rotatable bonds is 6. The first-order valence-electron chi connectivity index (χ1n) is 14.7. The minimum atomic E-state index is -3.01. The number of aromatic hydroxyl groups is 1. The second-order valence-corrected chi connectivity index (χ2v) is 14.0. The number of carbonyl (C=O) groups is 6. The van der Waals surface area contributed by atoms with Crippen molar-refractivity contribution in [3.8, 4) is 5.75 Å². The van der Waals surface area contributed by atoms with Gasteiger partial charge in [-0.15, -0.1) is 0 Å². The SMILES string of the molecule is CC(=O)C1C(=O)C(C(C)C)[C@@]2(C)[C@H](O)[C@]3(C)C(C(=O)c4c(cc(C)c(CC(=O)CC(C)C)c4O)[C@H]3C)C(=O)[C@@]2(O)C1=O. The minimum absolute atomic E-state index is 0.0877. The van der Waals surface area contributed by atoms with Crippen molar-refractivity contribution < 1.29 is 44.1 Å². The van der Waals surface area contributed by atoms with Crippen LogP contribution in [-0.2, 0) is 30.4 Å². The summed E-state index contributed by atoms with van der Waals surface area (Å²) in [7, 11) is 0. The topological polar surface area (TPSA) is 163 Å². The Hall–Kier alpha value is -3.04. The molecule has 0 heterocycles. The Morgan fingerprint density at radius 2 is 1.60 bits per heavy atom. The van der Waals surface area contributed by atoms with Gasteiger partial charge < -0.3 is 15.3 Å². The van der Waals surface area contributed by atoms with Gasteiger partial charge in [-0.3, -0.25) is 28.8 Å². The summed E-state index contributed by atoms with van der Waals surface area (Å²) in [5.74, 6) is -11.7. The smallest absolute Gasteiger partial charge is 0.191 e. The third-order valence-electron chi connectivity index (χ3n) is 10.7. The number of aliphatic hydroxyl groups is 2. The van der Waals surface area contributed by atoms with E-state index in [0.29, 0.717) is 11.1 Å². The van der Waals surface area contributed by atoms with E-state index in [0.717, 1.165) is 6.92 Å². The van der Waals surface area contributed by atoms with E-state index in [4.69, 9.17) is 0 Å². The number of fused-ring (bicyclic) bond motifs is 3. The minimum Gasteiger partial charge on any atom is -0.507 e. The molecule has 0 spiro atoms. The van der Waals surface area contributed by atoms with Crippen molar-refractivity contribution in [1.82, 2.24) is 0 Å². The number of Topliss-reactive ketones (excluding diaryl/α,β-unsaturated/α-hetero) is 6. The molecule has 0 bridgehead atoms. The van der Waals surface area contributed by atoms with E-state index in [1.807, 2.05) is 13.8 Å². The van der Waals surface area contributed by atoms with Crippen molar-refractivity contribution in [1.29, 1.82) is 0 Å². The van der Waals surface area contributed by atoms with Crippen LogP contribution in [0, 0.1) is 47.3 Å². The fourth-order valence-corrected chi connectivity index (χ4v) is 8.54. The Kier molecular flexibility index (Phi) is 7.60. The van der Waals surface area contributed by atoms with Crippen LogP contribution in [-0.4, -0.2) is 61.7 Å². The molecule has 3 N–H and O–H groups in total. The van der Waals surface area contributed by atoms with Crippen LogP contribution in [0.5, 0.6) is 5.75 Å². The summed E-state index contributed by atoms with van der Waals surface area (Å²) in [6, 6.07) is 1.68. The largest absolute Gasteiger partial charge is 0.507 e. The van der Waals surface area contributed by atoms with Crippen LogP contribution < -0.4 is 0 Å². The summed E-state index contributed by atoms with van der Waals surface area (Å²) < 4.78 is 0. The third kappa shape index (κ3) is 3.81. The zero-order chi connectivity index (χ0) is 32.0.